The maximum atomic E-state index is 12.4. The van der Waals surface area contributed by atoms with Crippen LogP contribution in [0.25, 0.3) is 10.8 Å². The highest BCUT2D eigenvalue weighted by Gasteiger charge is 2.18. The summed E-state index contributed by atoms with van der Waals surface area (Å²) in [6.07, 6.45) is 3.34. The van der Waals surface area contributed by atoms with E-state index in [1.54, 1.807) is 37.5 Å². The summed E-state index contributed by atoms with van der Waals surface area (Å²) in [5, 5.41) is 10.8. The number of nitrogens with zero attached hydrogens (tertiary/aromatic N) is 1. The third-order valence-electron chi connectivity index (χ3n) is 3.30. The lowest BCUT2D eigenvalue weighted by Gasteiger charge is -2.15. The first-order valence-corrected chi connectivity index (χ1v) is 8.39. The van der Waals surface area contributed by atoms with Crippen molar-refractivity contribution in [3.8, 4) is 0 Å². The molecule has 0 saturated carbocycles. The number of hydrogen-bond acceptors (Lipinski definition) is 4. The maximum absolute atomic E-state index is 12.4. The fourth-order valence-corrected chi connectivity index (χ4v) is 3.72. The molecule has 0 bridgehead atoms. The minimum absolute atomic E-state index is 0.0661. The van der Waals surface area contributed by atoms with Gasteiger partial charge in [0, 0.05) is 29.7 Å². The highest BCUT2D eigenvalue weighted by atomic mass is 32.2. The van der Waals surface area contributed by atoms with Crippen LogP contribution < -0.4 is 4.72 Å². The van der Waals surface area contributed by atoms with E-state index in [0.29, 0.717) is 18.4 Å². The molecule has 1 aromatic heterocycles. The van der Waals surface area contributed by atoms with Crippen LogP contribution in [0.15, 0.2) is 41.6 Å². The van der Waals surface area contributed by atoms with Gasteiger partial charge in [0.2, 0.25) is 10.0 Å². The van der Waals surface area contributed by atoms with Crippen molar-refractivity contribution in [3.63, 3.8) is 0 Å². The molecule has 0 aliphatic heterocycles. The Balaban J connectivity index is 2.22. The number of hydrogen-bond donors (Lipinski definition) is 2. The van der Waals surface area contributed by atoms with Crippen molar-refractivity contribution in [2.24, 2.45) is 5.92 Å². The summed E-state index contributed by atoms with van der Waals surface area (Å²) in [5.74, 6) is 0.0661. The summed E-state index contributed by atoms with van der Waals surface area (Å²) < 4.78 is 27.5. The van der Waals surface area contributed by atoms with Crippen molar-refractivity contribution >= 4 is 20.8 Å². The summed E-state index contributed by atoms with van der Waals surface area (Å²) in [7, 11) is -3.58. The smallest absolute Gasteiger partial charge is 0.241 e. The molecule has 5 nitrogen and oxygen atoms in total. The second-order valence-electron chi connectivity index (χ2n) is 5.39. The highest BCUT2D eigenvalue weighted by molar-refractivity contribution is 7.89. The largest absolute Gasteiger partial charge is 0.393 e. The van der Waals surface area contributed by atoms with Crippen LogP contribution in [0, 0.1) is 5.92 Å². The van der Waals surface area contributed by atoms with Gasteiger partial charge in [-0.05, 0) is 31.4 Å². The first-order chi connectivity index (χ1) is 9.90. The zero-order valence-corrected chi connectivity index (χ0v) is 13.0. The standard InChI is InChI=1S/C15H20N2O3S/c1-11(8-12(2)18)9-17-21(19,20)15-5-3-4-13-10-16-7-6-14(13)15/h3-7,10-12,17-18H,8-9H2,1-2H3. The van der Waals surface area contributed by atoms with Crippen LogP contribution in [0.1, 0.15) is 20.3 Å². The summed E-state index contributed by atoms with van der Waals surface area (Å²) >= 11 is 0. The van der Waals surface area contributed by atoms with E-state index in [1.165, 1.54) is 0 Å². The van der Waals surface area contributed by atoms with Gasteiger partial charge in [0.15, 0.2) is 0 Å². The molecular weight excluding hydrogens is 288 g/mol. The molecule has 2 rings (SSSR count). The minimum Gasteiger partial charge on any atom is -0.393 e. The van der Waals surface area contributed by atoms with Crippen LogP contribution in [-0.4, -0.2) is 31.2 Å². The lowest BCUT2D eigenvalue weighted by molar-refractivity contribution is 0.165. The van der Waals surface area contributed by atoms with E-state index >= 15 is 0 Å². The van der Waals surface area contributed by atoms with Gasteiger partial charge in [-0.2, -0.15) is 0 Å². The summed E-state index contributed by atoms with van der Waals surface area (Å²) in [4.78, 5) is 4.26. The van der Waals surface area contributed by atoms with Crippen LogP contribution in [0.5, 0.6) is 0 Å². The molecule has 0 aliphatic rings. The normalized spacial score (nSPS) is 15.0. The number of aromatic nitrogens is 1. The van der Waals surface area contributed by atoms with E-state index in [9.17, 15) is 13.5 Å². The quantitative estimate of drug-likeness (QED) is 0.854. The SMILES string of the molecule is CC(O)CC(C)CNS(=O)(=O)c1cccc2cnccc12. The zero-order chi connectivity index (χ0) is 15.5. The van der Waals surface area contributed by atoms with Crippen molar-refractivity contribution in [2.45, 2.75) is 31.3 Å². The molecule has 6 heteroatoms. The van der Waals surface area contributed by atoms with E-state index in [2.05, 4.69) is 9.71 Å². The van der Waals surface area contributed by atoms with Crippen molar-refractivity contribution in [1.29, 1.82) is 0 Å². The number of nitrogens with one attached hydrogen (secondary N) is 1. The molecule has 114 valence electrons. The maximum Gasteiger partial charge on any atom is 0.241 e. The fourth-order valence-electron chi connectivity index (χ4n) is 2.32. The molecule has 0 fully saturated rings. The van der Waals surface area contributed by atoms with Crippen molar-refractivity contribution in [2.75, 3.05) is 6.54 Å². The monoisotopic (exact) mass is 308 g/mol. The Labute approximate surface area is 125 Å². The van der Waals surface area contributed by atoms with Gasteiger partial charge in [-0.25, -0.2) is 13.1 Å². The van der Waals surface area contributed by atoms with Crippen LogP contribution in [-0.2, 0) is 10.0 Å². The van der Waals surface area contributed by atoms with Crippen LogP contribution in [0.4, 0.5) is 0 Å². The lowest BCUT2D eigenvalue weighted by Crippen LogP contribution is -2.29. The molecule has 0 spiro atoms. The third-order valence-corrected chi connectivity index (χ3v) is 4.78. The summed E-state index contributed by atoms with van der Waals surface area (Å²) in [6.45, 7) is 3.90. The predicted octanol–water partition coefficient (Wildman–Crippen LogP) is 1.92. The second kappa shape index (κ2) is 6.51. The van der Waals surface area contributed by atoms with E-state index in [1.807, 2.05) is 13.0 Å². The summed E-state index contributed by atoms with van der Waals surface area (Å²) in [5.41, 5.74) is 0. The van der Waals surface area contributed by atoms with E-state index in [4.69, 9.17) is 0 Å². The van der Waals surface area contributed by atoms with Gasteiger partial charge in [0.25, 0.3) is 0 Å². The Bertz CT molecular complexity index is 708. The molecule has 0 saturated heterocycles. The number of fused-ring (bicyclic) bond motifs is 1. The van der Waals surface area contributed by atoms with Gasteiger partial charge >= 0.3 is 0 Å². The van der Waals surface area contributed by atoms with Crippen molar-refractivity contribution < 1.29 is 13.5 Å². The Morgan fingerprint density at radius 1 is 1.29 bits per heavy atom. The average Bonchev–Trinajstić information content (AvgIpc) is 2.44. The third kappa shape index (κ3) is 4.00. The van der Waals surface area contributed by atoms with E-state index in [-0.39, 0.29) is 10.8 Å². The molecule has 1 aromatic carbocycles. The van der Waals surface area contributed by atoms with Crippen molar-refractivity contribution in [3.05, 3.63) is 36.7 Å². The Kier molecular flexibility index (Phi) is 4.92. The first-order valence-electron chi connectivity index (χ1n) is 6.90. The van der Waals surface area contributed by atoms with Crippen LogP contribution >= 0.6 is 0 Å². The molecule has 0 aliphatic carbocycles. The molecule has 2 N–H and O–H groups in total. The Morgan fingerprint density at radius 3 is 2.76 bits per heavy atom. The predicted molar refractivity (Wildman–Crippen MR) is 82.4 cm³/mol. The van der Waals surface area contributed by atoms with Crippen molar-refractivity contribution in [1.82, 2.24) is 9.71 Å². The van der Waals surface area contributed by atoms with Crippen LogP contribution in [0.2, 0.25) is 0 Å². The fraction of sp³-hybridized carbons (Fsp3) is 0.400. The molecule has 2 unspecified atom stereocenters. The Morgan fingerprint density at radius 2 is 2.05 bits per heavy atom. The van der Waals surface area contributed by atoms with Gasteiger partial charge in [0.05, 0.1) is 11.0 Å². The molecular formula is C15H20N2O3S. The van der Waals surface area contributed by atoms with Gasteiger partial charge < -0.3 is 5.11 Å². The van der Waals surface area contributed by atoms with Crippen LogP contribution in [0.3, 0.4) is 0 Å². The molecule has 1 heterocycles. The Hall–Kier alpha value is -1.50. The number of aliphatic hydroxyl groups excluding tert-OH is 1. The van der Waals surface area contributed by atoms with Gasteiger partial charge in [-0.3, -0.25) is 4.98 Å². The van der Waals surface area contributed by atoms with Gasteiger partial charge in [0.1, 0.15) is 0 Å². The molecule has 2 atom stereocenters. The average molecular weight is 308 g/mol. The minimum atomic E-state index is -3.58. The van der Waals surface area contributed by atoms with E-state index in [0.717, 1.165) is 5.39 Å². The van der Waals surface area contributed by atoms with Gasteiger partial charge in [-0.15, -0.1) is 0 Å². The molecule has 0 amide bonds. The van der Waals surface area contributed by atoms with Gasteiger partial charge in [-0.1, -0.05) is 19.1 Å². The number of benzene rings is 1. The topological polar surface area (TPSA) is 79.3 Å². The number of aliphatic hydroxyl groups is 1. The highest BCUT2D eigenvalue weighted by Crippen LogP contribution is 2.22. The summed E-state index contributed by atoms with van der Waals surface area (Å²) in [6, 6.07) is 6.82. The van der Waals surface area contributed by atoms with E-state index < -0.39 is 16.1 Å². The number of sulfonamides is 1. The second-order valence-corrected chi connectivity index (χ2v) is 7.13. The molecule has 2 aromatic rings. The molecule has 21 heavy (non-hydrogen) atoms. The number of rotatable bonds is 6. The lowest BCUT2D eigenvalue weighted by atomic mass is 10.1. The number of pyridine rings is 1. The zero-order valence-electron chi connectivity index (χ0n) is 12.2. The molecule has 0 radical (unpaired) electrons. The first kappa shape index (κ1) is 15.9.